The molecule has 4 heteroatoms. The van der Waals surface area contributed by atoms with E-state index in [0.717, 1.165) is 23.5 Å². The number of hydrogen-bond acceptors (Lipinski definition) is 3. The third kappa shape index (κ3) is 3.74. The van der Waals surface area contributed by atoms with Crippen LogP contribution in [0.1, 0.15) is 24.8 Å². The van der Waals surface area contributed by atoms with Crippen molar-refractivity contribution in [1.29, 1.82) is 0 Å². The third-order valence-corrected chi connectivity index (χ3v) is 3.04. The summed E-state index contributed by atoms with van der Waals surface area (Å²) in [7, 11) is 1.64. The lowest BCUT2D eigenvalue weighted by molar-refractivity contribution is -0.116. The van der Waals surface area contributed by atoms with Gasteiger partial charge in [0, 0.05) is 24.7 Å². The topological polar surface area (TPSA) is 50.4 Å². The molecule has 1 amide bonds. The predicted octanol–water partition coefficient (Wildman–Crippen LogP) is 2.08. The van der Waals surface area contributed by atoms with Crippen molar-refractivity contribution in [2.24, 2.45) is 0 Å². The molecular formula is C14H20N2O2. The molecule has 1 aromatic rings. The van der Waals surface area contributed by atoms with E-state index in [1.165, 1.54) is 12.8 Å². The van der Waals surface area contributed by atoms with E-state index < -0.39 is 0 Å². The van der Waals surface area contributed by atoms with Gasteiger partial charge in [0.15, 0.2) is 0 Å². The van der Waals surface area contributed by atoms with E-state index >= 15 is 0 Å². The van der Waals surface area contributed by atoms with E-state index in [-0.39, 0.29) is 5.91 Å². The summed E-state index contributed by atoms with van der Waals surface area (Å²) in [6.45, 7) is 2.72. The Kier molecular flexibility index (Phi) is 4.20. The van der Waals surface area contributed by atoms with Gasteiger partial charge >= 0.3 is 0 Å². The van der Waals surface area contributed by atoms with Gasteiger partial charge in [0.05, 0.1) is 7.11 Å². The van der Waals surface area contributed by atoms with Crippen molar-refractivity contribution in [1.82, 2.24) is 5.32 Å². The van der Waals surface area contributed by atoms with Crippen LogP contribution in [0.2, 0.25) is 0 Å². The maximum absolute atomic E-state index is 11.7. The molecule has 98 valence electrons. The minimum atomic E-state index is 0.0488. The Morgan fingerprint density at radius 3 is 2.83 bits per heavy atom. The molecule has 1 fully saturated rings. The van der Waals surface area contributed by atoms with Gasteiger partial charge in [0.2, 0.25) is 5.91 Å². The van der Waals surface area contributed by atoms with Crippen LogP contribution < -0.4 is 15.4 Å². The number of anilines is 1. The summed E-state index contributed by atoms with van der Waals surface area (Å²) in [5.41, 5.74) is 1.84. The lowest BCUT2D eigenvalue weighted by atomic mass is 10.2. The minimum absolute atomic E-state index is 0.0488. The van der Waals surface area contributed by atoms with Crippen molar-refractivity contribution in [2.45, 2.75) is 32.2 Å². The maximum Gasteiger partial charge on any atom is 0.225 e. The van der Waals surface area contributed by atoms with E-state index in [2.05, 4.69) is 10.6 Å². The highest BCUT2D eigenvalue weighted by molar-refractivity contribution is 5.91. The van der Waals surface area contributed by atoms with Crippen molar-refractivity contribution in [2.75, 3.05) is 19.0 Å². The first-order valence-corrected chi connectivity index (χ1v) is 6.37. The van der Waals surface area contributed by atoms with Crippen molar-refractivity contribution in [3.8, 4) is 5.75 Å². The van der Waals surface area contributed by atoms with Crippen LogP contribution in [0.15, 0.2) is 18.2 Å². The fourth-order valence-electron chi connectivity index (χ4n) is 1.86. The molecule has 1 saturated carbocycles. The van der Waals surface area contributed by atoms with Crippen molar-refractivity contribution >= 4 is 11.6 Å². The first-order valence-electron chi connectivity index (χ1n) is 6.37. The van der Waals surface area contributed by atoms with E-state index in [0.29, 0.717) is 12.5 Å². The molecule has 0 aromatic heterocycles. The number of methoxy groups -OCH3 is 1. The van der Waals surface area contributed by atoms with Crippen molar-refractivity contribution in [3.63, 3.8) is 0 Å². The highest BCUT2D eigenvalue weighted by Crippen LogP contribution is 2.21. The molecule has 1 aliphatic rings. The van der Waals surface area contributed by atoms with E-state index in [1.54, 1.807) is 7.11 Å². The van der Waals surface area contributed by atoms with Gasteiger partial charge < -0.3 is 15.4 Å². The zero-order chi connectivity index (χ0) is 13.0. The quantitative estimate of drug-likeness (QED) is 0.810. The molecule has 2 rings (SSSR count). The molecule has 0 spiro atoms. The molecule has 0 unspecified atom stereocenters. The number of carbonyl (C=O) groups excluding carboxylic acids is 1. The lowest BCUT2D eigenvalue weighted by Crippen LogP contribution is -2.23. The van der Waals surface area contributed by atoms with Gasteiger partial charge in [0.1, 0.15) is 5.75 Å². The number of carbonyl (C=O) groups is 1. The van der Waals surface area contributed by atoms with E-state index in [9.17, 15) is 4.79 Å². The molecule has 0 radical (unpaired) electrons. The first-order chi connectivity index (χ1) is 8.69. The summed E-state index contributed by atoms with van der Waals surface area (Å²) in [6, 6.07) is 6.30. The third-order valence-electron chi connectivity index (χ3n) is 3.04. The fraction of sp³-hybridized carbons (Fsp3) is 0.500. The second-order valence-corrected chi connectivity index (χ2v) is 4.71. The molecule has 0 heterocycles. The van der Waals surface area contributed by atoms with Gasteiger partial charge in [-0.15, -0.1) is 0 Å². The molecule has 0 bridgehead atoms. The van der Waals surface area contributed by atoms with Gasteiger partial charge in [-0.3, -0.25) is 4.79 Å². The highest BCUT2D eigenvalue weighted by atomic mass is 16.5. The average molecular weight is 248 g/mol. The number of ether oxygens (including phenoxy) is 1. The largest absolute Gasteiger partial charge is 0.496 e. The van der Waals surface area contributed by atoms with Crippen molar-refractivity contribution in [3.05, 3.63) is 23.8 Å². The molecule has 4 nitrogen and oxygen atoms in total. The first kappa shape index (κ1) is 12.9. The summed E-state index contributed by atoms with van der Waals surface area (Å²) >= 11 is 0. The summed E-state index contributed by atoms with van der Waals surface area (Å²) < 4.78 is 5.18. The Morgan fingerprint density at radius 2 is 2.22 bits per heavy atom. The molecule has 0 saturated heterocycles. The van der Waals surface area contributed by atoms with Crippen LogP contribution >= 0.6 is 0 Å². The fourth-order valence-corrected chi connectivity index (χ4v) is 1.86. The molecule has 2 N–H and O–H groups in total. The van der Waals surface area contributed by atoms with Crippen LogP contribution in [-0.2, 0) is 4.79 Å². The standard InChI is InChI=1S/C14H20N2O2/c1-10-9-12(5-6-13(10)18-2)16-14(17)7-8-15-11-3-4-11/h5-6,9,11,15H,3-4,7-8H2,1-2H3,(H,16,17). The lowest BCUT2D eigenvalue weighted by Gasteiger charge is -2.09. The Labute approximate surface area is 108 Å². The highest BCUT2D eigenvalue weighted by Gasteiger charge is 2.20. The zero-order valence-electron chi connectivity index (χ0n) is 11.0. The Bertz CT molecular complexity index is 428. The predicted molar refractivity (Wildman–Crippen MR) is 72.0 cm³/mol. The van der Waals surface area contributed by atoms with Gasteiger partial charge in [-0.1, -0.05) is 0 Å². The molecule has 0 atom stereocenters. The number of amides is 1. The van der Waals surface area contributed by atoms with Crippen LogP contribution in [0, 0.1) is 6.92 Å². The van der Waals surface area contributed by atoms with Gasteiger partial charge in [-0.25, -0.2) is 0 Å². The van der Waals surface area contributed by atoms with Gasteiger partial charge in [0.25, 0.3) is 0 Å². The minimum Gasteiger partial charge on any atom is -0.496 e. The Balaban J connectivity index is 1.80. The maximum atomic E-state index is 11.7. The van der Waals surface area contributed by atoms with Crippen LogP contribution in [0.3, 0.4) is 0 Å². The molecule has 1 aromatic carbocycles. The van der Waals surface area contributed by atoms with Gasteiger partial charge in [-0.2, -0.15) is 0 Å². The van der Waals surface area contributed by atoms with Crippen LogP contribution in [0.5, 0.6) is 5.75 Å². The Morgan fingerprint density at radius 1 is 1.44 bits per heavy atom. The molecule has 1 aliphatic carbocycles. The number of hydrogen-bond donors (Lipinski definition) is 2. The number of rotatable bonds is 6. The SMILES string of the molecule is COc1ccc(NC(=O)CCNC2CC2)cc1C. The van der Waals surface area contributed by atoms with Gasteiger partial charge in [-0.05, 0) is 43.5 Å². The second-order valence-electron chi connectivity index (χ2n) is 4.71. The number of aryl methyl sites for hydroxylation is 1. The van der Waals surface area contributed by atoms with Crippen LogP contribution in [0.4, 0.5) is 5.69 Å². The van der Waals surface area contributed by atoms with Crippen LogP contribution in [-0.4, -0.2) is 25.6 Å². The second kappa shape index (κ2) is 5.87. The number of benzene rings is 1. The smallest absolute Gasteiger partial charge is 0.225 e. The normalized spacial score (nSPS) is 14.3. The summed E-state index contributed by atoms with van der Waals surface area (Å²) in [5.74, 6) is 0.885. The average Bonchev–Trinajstić information content (AvgIpc) is 3.13. The zero-order valence-corrected chi connectivity index (χ0v) is 11.0. The Hall–Kier alpha value is -1.55. The monoisotopic (exact) mass is 248 g/mol. The van der Waals surface area contributed by atoms with Crippen molar-refractivity contribution < 1.29 is 9.53 Å². The van der Waals surface area contributed by atoms with Crippen LogP contribution in [0.25, 0.3) is 0 Å². The summed E-state index contributed by atoms with van der Waals surface area (Å²) in [4.78, 5) is 11.7. The molecular weight excluding hydrogens is 228 g/mol. The van der Waals surface area contributed by atoms with E-state index in [1.807, 2.05) is 25.1 Å². The molecule has 18 heavy (non-hydrogen) atoms. The molecule has 0 aliphatic heterocycles. The van der Waals surface area contributed by atoms with E-state index in [4.69, 9.17) is 4.74 Å². The summed E-state index contributed by atoms with van der Waals surface area (Å²) in [5, 5.41) is 6.22. The summed E-state index contributed by atoms with van der Waals surface area (Å²) in [6.07, 6.45) is 3.01. The number of nitrogens with one attached hydrogen (secondary N) is 2.